The van der Waals surface area contributed by atoms with Crippen molar-refractivity contribution in [2.75, 3.05) is 0 Å². The topological polar surface area (TPSA) is 0 Å². The van der Waals surface area contributed by atoms with Gasteiger partial charge in [0.05, 0.1) is 0 Å². The van der Waals surface area contributed by atoms with Crippen molar-refractivity contribution in [3.05, 3.63) is 59.7 Å². The highest BCUT2D eigenvalue weighted by molar-refractivity contribution is 5.63. The van der Waals surface area contributed by atoms with Crippen molar-refractivity contribution in [2.24, 2.45) is 23.7 Å². The fourth-order valence-electron chi connectivity index (χ4n) is 6.33. The molecule has 2 aliphatic rings. The second-order valence-corrected chi connectivity index (χ2v) is 10.4. The number of hydrogen-bond acceptors (Lipinski definition) is 0. The van der Waals surface area contributed by atoms with E-state index in [0.29, 0.717) is 0 Å². The number of rotatable bonds is 8. The van der Waals surface area contributed by atoms with Crippen LogP contribution in [-0.4, -0.2) is 0 Å². The molecule has 2 fully saturated rings. The van der Waals surface area contributed by atoms with E-state index in [9.17, 15) is 4.39 Å². The summed E-state index contributed by atoms with van der Waals surface area (Å²) in [6.07, 6.45) is 17.3. The highest BCUT2D eigenvalue weighted by Gasteiger charge is 2.30. The predicted octanol–water partition coefficient (Wildman–Crippen LogP) is 9.17. The zero-order valence-electron chi connectivity index (χ0n) is 19.5. The van der Waals surface area contributed by atoms with Gasteiger partial charge in [0.2, 0.25) is 0 Å². The van der Waals surface area contributed by atoms with Gasteiger partial charge >= 0.3 is 0 Å². The van der Waals surface area contributed by atoms with E-state index in [1.165, 1.54) is 93.7 Å². The Morgan fingerprint density at radius 2 is 1.06 bits per heavy atom. The molecule has 0 nitrogen and oxygen atoms in total. The maximum absolute atomic E-state index is 12.7. The number of hydrogen-bond donors (Lipinski definition) is 0. The molecule has 4 rings (SSSR count). The van der Waals surface area contributed by atoms with Crippen LogP contribution in [0, 0.1) is 23.7 Å². The van der Waals surface area contributed by atoms with Gasteiger partial charge in [-0.15, -0.1) is 0 Å². The van der Waals surface area contributed by atoms with Crippen molar-refractivity contribution >= 4 is 0 Å². The van der Waals surface area contributed by atoms with E-state index in [2.05, 4.69) is 31.2 Å². The molecule has 2 aromatic carbocycles. The standard InChI is InChI=1S/C30H41F/c1-2-3-23-6-14-27(15-7-23)28-16-8-24(9-17-28)4-5-25-10-18-29(19-11-25)30-20-12-26(22-31)13-21-30/h10-13,18-21,23-24,27-28H,2-9,14-17,22H2,1H3/t23-,24?,27-,28?. The first-order valence-corrected chi connectivity index (χ1v) is 13.0. The average Bonchev–Trinajstić information content (AvgIpc) is 2.84. The maximum Gasteiger partial charge on any atom is 0.115 e. The summed E-state index contributed by atoms with van der Waals surface area (Å²) < 4.78 is 12.7. The minimum absolute atomic E-state index is 0.388. The van der Waals surface area contributed by atoms with E-state index >= 15 is 0 Å². The van der Waals surface area contributed by atoms with Gasteiger partial charge in [0.15, 0.2) is 0 Å². The Morgan fingerprint density at radius 3 is 1.52 bits per heavy atom. The fraction of sp³-hybridized carbons (Fsp3) is 0.600. The van der Waals surface area contributed by atoms with E-state index in [4.69, 9.17) is 0 Å². The summed E-state index contributed by atoms with van der Waals surface area (Å²) in [6, 6.07) is 16.9. The molecular weight excluding hydrogens is 379 g/mol. The van der Waals surface area contributed by atoms with E-state index < -0.39 is 0 Å². The zero-order chi connectivity index (χ0) is 21.5. The van der Waals surface area contributed by atoms with Crippen LogP contribution in [0.2, 0.25) is 0 Å². The molecule has 2 aromatic rings. The second-order valence-electron chi connectivity index (χ2n) is 10.4. The summed E-state index contributed by atoms with van der Waals surface area (Å²) in [5, 5.41) is 0. The lowest BCUT2D eigenvalue weighted by Crippen LogP contribution is -2.26. The smallest absolute Gasteiger partial charge is 0.115 e. The number of halogens is 1. The molecule has 0 saturated heterocycles. The van der Waals surface area contributed by atoms with Crippen LogP contribution in [0.15, 0.2) is 48.5 Å². The summed E-state index contributed by atoms with van der Waals surface area (Å²) in [5.74, 6) is 4.04. The van der Waals surface area contributed by atoms with Crippen LogP contribution in [0.1, 0.15) is 88.7 Å². The molecule has 2 aliphatic carbocycles. The molecule has 0 radical (unpaired) electrons. The van der Waals surface area contributed by atoms with Crippen molar-refractivity contribution in [1.82, 2.24) is 0 Å². The van der Waals surface area contributed by atoms with E-state index in [1.54, 1.807) is 0 Å². The zero-order valence-corrected chi connectivity index (χ0v) is 19.5. The first-order valence-electron chi connectivity index (χ1n) is 13.0. The summed E-state index contributed by atoms with van der Waals surface area (Å²) in [6.45, 7) is 1.95. The summed E-state index contributed by atoms with van der Waals surface area (Å²) >= 11 is 0. The molecule has 0 aliphatic heterocycles. The molecule has 0 N–H and O–H groups in total. The Morgan fingerprint density at radius 1 is 0.613 bits per heavy atom. The van der Waals surface area contributed by atoms with E-state index in [-0.39, 0.29) is 6.67 Å². The normalized spacial score (nSPS) is 26.6. The van der Waals surface area contributed by atoms with Gasteiger partial charge in [-0.1, -0.05) is 94.0 Å². The van der Waals surface area contributed by atoms with Gasteiger partial charge in [0.25, 0.3) is 0 Å². The lowest BCUT2D eigenvalue weighted by atomic mass is 9.68. The molecule has 2 saturated carbocycles. The third-order valence-electron chi connectivity index (χ3n) is 8.38. The Bertz CT molecular complexity index is 759. The van der Waals surface area contributed by atoms with Gasteiger partial charge in [-0.05, 0) is 84.5 Å². The minimum atomic E-state index is -0.388. The molecule has 168 valence electrons. The van der Waals surface area contributed by atoms with Crippen LogP contribution in [0.25, 0.3) is 11.1 Å². The first-order chi connectivity index (χ1) is 15.2. The van der Waals surface area contributed by atoms with Crippen LogP contribution in [-0.2, 0) is 13.1 Å². The first kappa shape index (κ1) is 22.6. The van der Waals surface area contributed by atoms with Crippen molar-refractivity contribution in [2.45, 2.75) is 90.6 Å². The third kappa shape index (κ3) is 6.21. The molecule has 0 bridgehead atoms. The van der Waals surface area contributed by atoms with Crippen LogP contribution in [0.3, 0.4) is 0 Å². The average molecular weight is 421 g/mol. The van der Waals surface area contributed by atoms with Crippen molar-refractivity contribution in [3.63, 3.8) is 0 Å². The van der Waals surface area contributed by atoms with Gasteiger partial charge in [-0.25, -0.2) is 4.39 Å². The molecule has 0 heterocycles. The van der Waals surface area contributed by atoms with Gasteiger partial charge < -0.3 is 0 Å². The van der Waals surface area contributed by atoms with Crippen LogP contribution in [0.5, 0.6) is 0 Å². The van der Waals surface area contributed by atoms with Crippen molar-refractivity contribution in [3.8, 4) is 11.1 Å². The fourth-order valence-corrected chi connectivity index (χ4v) is 6.33. The Labute approximate surface area is 189 Å². The summed E-state index contributed by atoms with van der Waals surface area (Å²) in [5.41, 5.74) is 4.61. The number of aryl methyl sites for hydroxylation is 1. The molecule has 31 heavy (non-hydrogen) atoms. The second kappa shape index (κ2) is 11.3. The predicted molar refractivity (Wildman–Crippen MR) is 131 cm³/mol. The summed E-state index contributed by atoms with van der Waals surface area (Å²) in [7, 11) is 0. The summed E-state index contributed by atoms with van der Waals surface area (Å²) in [4.78, 5) is 0. The van der Waals surface area contributed by atoms with E-state index in [0.717, 1.165) is 29.2 Å². The van der Waals surface area contributed by atoms with Crippen LogP contribution in [0.4, 0.5) is 4.39 Å². The molecule has 0 atom stereocenters. The number of benzene rings is 2. The maximum atomic E-state index is 12.7. The Hall–Kier alpha value is -1.63. The molecule has 0 spiro atoms. The lowest BCUT2D eigenvalue weighted by Gasteiger charge is -2.38. The highest BCUT2D eigenvalue weighted by Crippen LogP contribution is 2.43. The van der Waals surface area contributed by atoms with Gasteiger partial charge in [-0.2, -0.15) is 0 Å². The van der Waals surface area contributed by atoms with Gasteiger partial charge in [0.1, 0.15) is 6.67 Å². The Kier molecular flexibility index (Phi) is 8.22. The largest absolute Gasteiger partial charge is 0.246 e. The SMILES string of the molecule is CCC[C@H]1CC[C@H](C2CCC(CCc3ccc(-c4ccc(CF)cc4)cc3)CC2)CC1. The third-order valence-corrected chi connectivity index (χ3v) is 8.38. The lowest BCUT2D eigenvalue weighted by molar-refractivity contribution is 0.141. The number of alkyl halides is 1. The van der Waals surface area contributed by atoms with Crippen LogP contribution >= 0.6 is 0 Å². The highest BCUT2D eigenvalue weighted by atomic mass is 19.1. The minimum Gasteiger partial charge on any atom is -0.246 e. The van der Waals surface area contributed by atoms with E-state index in [1.807, 2.05) is 24.3 Å². The van der Waals surface area contributed by atoms with Crippen LogP contribution < -0.4 is 0 Å². The van der Waals surface area contributed by atoms with Crippen molar-refractivity contribution in [1.29, 1.82) is 0 Å². The monoisotopic (exact) mass is 420 g/mol. The molecule has 0 amide bonds. The molecular formula is C30H41F. The Balaban J connectivity index is 1.19. The quantitative estimate of drug-likeness (QED) is 0.399. The van der Waals surface area contributed by atoms with Crippen molar-refractivity contribution < 1.29 is 4.39 Å². The molecule has 1 heteroatoms. The van der Waals surface area contributed by atoms with Gasteiger partial charge in [0, 0.05) is 0 Å². The van der Waals surface area contributed by atoms with Gasteiger partial charge in [-0.3, -0.25) is 0 Å². The molecule has 0 aromatic heterocycles. The molecule has 0 unspecified atom stereocenters.